The van der Waals surface area contributed by atoms with E-state index in [4.69, 9.17) is 9.47 Å². The number of nitrogens with one attached hydrogen (secondary N) is 2. The molecule has 1 fully saturated rings. The molecule has 1 atom stereocenters. The van der Waals surface area contributed by atoms with Crippen molar-refractivity contribution in [2.24, 2.45) is 10.9 Å². The number of guanidine groups is 1. The largest absolute Gasteiger partial charge is 0.504 e. The van der Waals surface area contributed by atoms with Crippen LogP contribution in [0.2, 0.25) is 0 Å². The second-order valence-corrected chi connectivity index (χ2v) is 6.92. The van der Waals surface area contributed by atoms with Gasteiger partial charge < -0.3 is 25.2 Å². The van der Waals surface area contributed by atoms with Gasteiger partial charge in [0.1, 0.15) is 0 Å². The normalized spacial score (nSPS) is 15.8. The van der Waals surface area contributed by atoms with E-state index in [1.807, 2.05) is 19.1 Å². The zero-order valence-electron chi connectivity index (χ0n) is 17.4. The Morgan fingerprint density at radius 2 is 2.00 bits per heavy atom. The van der Waals surface area contributed by atoms with E-state index in [2.05, 4.69) is 22.5 Å². The van der Waals surface area contributed by atoms with Gasteiger partial charge in [-0.2, -0.15) is 0 Å². The van der Waals surface area contributed by atoms with E-state index in [1.165, 1.54) is 25.7 Å². The lowest BCUT2D eigenvalue weighted by atomic mass is 9.98. The number of aromatic hydroxyl groups is 1. The lowest BCUT2D eigenvalue weighted by Gasteiger charge is -2.24. The maximum absolute atomic E-state index is 10.2. The summed E-state index contributed by atoms with van der Waals surface area (Å²) < 4.78 is 11.2. The number of hydrogen-bond acceptors (Lipinski definition) is 4. The minimum atomic E-state index is 0. The summed E-state index contributed by atoms with van der Waals surface area (Å²) in [6.07, 6.45) is 6.54. The summed E-state index contributed by atoms with van der Waals surface area (Å²) in [5, 5.41) is 16.9. The third-order valence-corrected chi connectivity index (χ3v) is 5.08. The van der Waals surface area contributed by atoms with Crippen LogP contribution in [0.3, 0.4) is 0 Å². The van der Waals surface area contributed by atoms with Crippen LogP contribution in [0.1, 0.15) is 51.5 Å². The highest BCUT2D eigenvalue weighted by Gasteiger charge is 2.25. The van der Waals surface area contributed by atoms with Crippen molar-refractivity contribution in [3.63, 3.8) is 0 Å². The number of rotatable bonds is 10. The lowest BCUT2D eigenvalue weighted by molar-refractivity contribution is 0.0169. The van der Waals surface area contributed by atoms with E-state index >= 15 is 0 Å². The molecule has 28 heavy (non-hydrogen) atoms. The Hall–Kier alpha value is -1.22. The first kappa shape index (κ1) is 24.8. The summed E-state index contributed by atoms with van der Waals surface area (Å²) in [5.41, 5.74) is 0.740. The highest BCUT2D eigenvalue weighted by molar-refractivity contribution is 14.0. The van der Waals surface area contributed by atoms with Crippen LogP contribution in [0.25, 0.3) is 0 Å². The van der Waals surface area contributed by atoms with Gasteiger partial charge in [0.2, 0.25) is 0 Å². The van der Waals surface area contributed by atoms with Crippen LogP contribution >= 0.6 is 24.0 Å². The molecule has 0 heterocycles. The molecule has 7 heteroatoms. The van der Waals surface area contributed by atoms with Gasteiger partial charge in [0, 0.05) is 25.3 Å². The molecule has 2 rings (SSSR count). The van der Waals surface area contributed by atoms with Crippen LogP contribution < -0.4 is 15.4 Å². The quantitative estimate of drug-likeness (QED) is 0.254. The van der Waals surface area contributed by atoms with Gasteiger partial charge in [-0.3, -0.25) is 0 Å². The molecule has 0 aliphatic heterocycles. The number of para-hydroxylation sites is 1. The first-order valence-corrected chi connectivity index (χ1v) is 10.2. The highest BCUT2D eigenvalue weighted by atomic mass is 127. The molecule has 0 radical (unpaired) electrons. The fraction of sp³-hybridized carbons (Fsp3) is 0.667. The topological polar surface area (TPSA) is 75.1 Å². The van der Waals surface area contributed by atoms with Crippen molar-refractivity contribution in [2.75, 3.05) is 26.8 Å². The first-order chi connectivity index (χ1) is 13.2. The summed E-state index contributed by atoms with van der Waals surface area (Å²) >= 11 is 0. The molecule has 0 spiro atoms. The Morgan fingerprint density at radius 1 is 1.25 bits per heavy atom. The van der Waals surface area contributed by atoms with E-state index in [0.29, 0.717) is 24.3 Å². The molecular weight excluding hydrogens is 469 g/mol. The molecule has 1 saturated carbocycles. The van der Waals surface area contributed by atoms with E-state index < -0.39 is 0 Å². The smallest absolute Gasteiger partial charge is 0.191 e. The highest BCUT2D eigenvalue weighted by Crippen LogP contribution is 2.31. The van der Waals surface area contributed by atoms with Crippen molar-refractivity contribution in [1.82, 2.24) is 10.6 Å². The van der Waals surface area contributed by atoms with Crippen molar-refractivity contribution < 1.29 is 14.6 Å². The number of ether oxygens (including phenoxy) is 2. The number of phenols is 1. The first-order valence-electron chi connectivity index (χ1n) is 10.2. The number of halogens is 1. The predicted molar refractivity (Wildman–Crippen MR) is 125 cm³/mol. The standard InChI is InChI=1S/C21H35N3O3.HI/c1-4-22-21(24-15-17-11-8-12-19(26-3)20(17)25)23-14-13-18(27-5-2)16-9-6-7-10-16;/h8,11-12,16,18,25H,4-7,9-10,13-15H2,1-3H3,(H2,22,23,24);1H. The molecule has 160 valence electrons. The fourth-order valence-corrected chi connectivity index (χ4v) is 3.70. The molecule has 0 bridgehead atoms. The number of methoxy groups -OCH3 is 1. The van der Waals surface area contributed by atoms with E-state index in [-0.39, 0.29) is 29.7 Å². The summed E-state index contributed by atoms with van der Waals surface area (Å²) in [6, 6.07) is 5.46. The summed E-state index contributed by atoms with van der Waals surface area (Å²) in [4.78, 5) is 4.60. The number of hydrogen-bond donors (Lipinski definition) is 3. The van der Waals surface area contributed by atoms with Crippen molar-refractivity contribution in [3.05, 3.63) is 23.8 Å². The van der Waals surface area contributed by atoms with Gasteiger partial charge in [0.05, 0.1) is 19.8 Å². The average Bonchev–Trinajstić information content (AvgIpc) is 3.21. The van der Waals surface area contributed by atoms with Crippen molar-refractivity contribution >= 4 is 29.9 Å². The molecule has 1 aromatic rings. The van der Waals surface area contributed by atoms with Crippen LogP contribution in [0.15, 0.2) is 23.2 Å². The van der Waals surface area contributed by atoms with Crippen LogP contribution in [0, 0.1) is 5.92 Å². The average molecular weight is 505 g/mol. The van der Waals surface area contributed by atoms with Crippen LogP contribution in [-0.2, 0) is 11.3 Å². The monoisotopic (exact) mass is 505 g/mol. The number of benzene rings is 1. The van der Waals surface area contributed by atoms with E-state index in [1.54, 1.807) is 13.2 Å². The third-order valence-electron chi connectivity index (χ3n) is 5.08. The Kier molecular flexibility index (Phi) is 12.3. The molecule has 6 nitrogen and oxygen atoms in total. The maximum atomic E-state index is 10.2. The molecule has 0 amide bonds. The zero-order chi connectivity index (χ0) is 19.5. The van der Waals surface area contributed by atoms with Gasteiger partial charge in [-0.05, 0) is 45.1 Å². The number of nitrogens with zero attached hydrogens (tertiary/aromatic N) is 1. The Bertz CT molecular complexity index is 592. The summed E-state index contributed by atoms with van der Waals surface area (Å²) in [5.74, 6) is 2.07. The molecule has 1 aromatic carbocycles. The molecule has 1 aliphatic carbocycles. The van der Waals surface area contributed by atoms with Gasteiger partial charge in [-0.1, -0.05) is 25.0 Å². The maximum Gasteiger partial charge on any atom is 0.191 e. The second kappa shape index (κ2) is 13.9. The van der Waals surface area contributed by atoms with Crippen LogP contribution in [0.4, 0.5) is 0 Å². The van der Waals surface area contributed by atoms with Gasteiger partial charge in [-0.25, -0.2) is 4.99 Å². The fourth-order valence-electron chi connectivity index (χ4n) is 3.70. The second-order valence-electron chi connectivity index (χ2n) is 6.92. The number of phenolic OH excluding ortho intramolecular Hbond substituents is 1. The van der Waals surface area contributed by atoms with Gasteiger partial charge in [-0.15, -0.1) is 24.0 Å². The predicted octanol–water partition coefficient (Wildman–Crippen LogP) is 4.06. The van der Waals surface area contributed by atoms with Gasteiger partial charge in [0.25, 0.3) is 0 Å². The van der Waals surface area contributed by atoms with Gasteiger partial charge >= 0.3 is 0 Å². The van der Waals surface area contributed by atoms with Crippen molar-refractivity contribution in [2.45, 2.75) is 58.6 Å². The molecule has 1 unspecified atom stereocenters. The van der Waals surface area contributed by atoms with Gasteiger partial charge in [0.15, 0.2) is 17.5 Å². The molecular formula is C21H36IN3O3. The Balaban J connectivity index is 0.00000392. The van der Waals surface area contributed by atoms with Crippen molar-refractivity contribution in [1.29, 1.82) is 0 Å². The van der Waals surface area contributed by atoms with Crippen molar-refractivity contribution in [3.8, 4) is 11.5 Å². The SMILES string of the molecule is CCNC(=NCc1cccc(OC)c1O)NCCC(OCC)C1CCCC1.I. The van der Waals surface area contributed by atoms with E-state index in [9.17, 15) is 5.11 Å². The molecule has 3 N–H and O–H groups in total. The minimum absolute atomic E-state index is 0. The minimum Gasteiger partial charge on any atom is -0.504 e. The summed E-state index contributed by atoms with van der Waals surface area (Å²) in [6.45, 7) is 6.87. The number of aliphatic imine (C=N–C) groups is 1. The summed E-state index contributed by atoms with van der Waals surface area (Å²) in [7, 11) is 1.55. The van der Waals surface area contributed by atoms with E-state index in [0.717, 1.165) is 37.6 Å². The Morgan fingerprint density at radius 3 is 2.64 bits per heavy atom. The molecule has 1 aliphatic rings. The lowest BCUT2D eigenvalue weighted by Crippen LogP contribution is -2.39. The molecule has 0 saturated heterocycles. The third kappa shape index (κ3) is 7.66. The van der Waals surface area contributed by atoms with Crippen LogP contribution in [-0.4, -0.2) is 44.0 Å². The Labute approximate surface area is 186 Å². The molecule has 0 aromatic heterocycles. The van der Waals surface area contributed by atoms with Crippen LogP contribution in [0.5, 0.6) is 11.5 Å². The zero-order valence-corrected chi connectivity index (χ0v) is 19.7.